The molecule has 1 fully saturated rings. The number of imide groups is 2. The summed E-state index contributed by atoms with van der Waals surface area (Å²) in [5.74, 6) is -1.89. The van der Waals surface area contributed by atoms with E-state index in [4.69, 9.17) is 5.73 Å². The van der Waals surface area contributed by atoms with Crippen molar-refractivity contribution in [2.75, 3.05) is 6.54 Å². The molecule has 0 saturated carbocycles. The zero-order valence-electron chi connectivity index (χ0n) is 13.6. The Kier molecular flexibility index (Phi) is 5.92. The van der Waals surface area contributed by atoms with E-state index in [1.807, 2.05) is 6.07 Å². The summed E-state index contributed by atoms with van der Waals surface area (Å²) in [6.45, 7) is 0.574. The topological polar surface area (TPSA) is 110 Å². The van der Waals surface area contributed by atoms with Crippen LogP contribution in [0.25, 0.3) is 0 Å². The second-order valence-corrected chi connectivity index (χ2v) is 6.03. The van der Waals surface area contributed by atoms with Gasteiger partial charge in [0.1, 0.15) is 6.04 Å². The zero-order chi connectivity index (χ0) is 17.3. The van der Waals surface area contributed by atoms with Gasteiger partial charge in [0.2, 0.25) is 11.8 Å². The number of carbonyl (C=O) groups excluding carboxylic acids is 4. The summed E-state index contributed by atoms with van der Waals surface area (Å²) >= 11 is 0. The first kappa shape index (κ1) is 19.1. The number of fused-ring (bicyclic) bond motifs is 1. The van der Waals surface area contributed by atoms with E-state index < -0.39 is 23.8 Å². The lowest BCUT2D eigenvalue weighted by Crippen LogP contribution is -2.54. The van der Waals surface area contributed by atoms with Crippen molar-refractivity contribution in [3.8, 4) is 0 Å². The van der Waals surface area contributed by atoms with Crippen LogP contribution in [0.4, 0.5) is 0 Å². The second-order valence-electron chi connectivity index (χ2n) is 6.03. The van der Waals surface area contributed by atoms with Gasteiger partial charge in [-0.1, -0.05) is 12.1 Å². The van der Waals surface area contributed by atoms with Crippen molar-refractivity contribution >= 4 is 36.0 Å². The van der Waals surface area contributed by atoms with Crippen molar-refractivity contribution in [2.45, 2.75) is 38.1 Å². The zero-order valence-corrected chi connectivity index (χ0v) is 14.4. The van der Waals surface area contributed by atoms with Crippen LogP contribution < -0.4 is 11.1 Å². The van der Waals surface area contributed by atoms with Crippen LogP contribution in [0.1, 0.15) is 52.0 Å². The number of carbonyl (C=O) groups is 4. The molecule has 4 amide bonds. The molecule has 0 aromatic heterocycles. The lowest BCUT2D eigenvalue weighted by Gasteiger charge is -2.27. The van der Waals surface area contributed by atoms with Gasteiger partial charge in [0.25, 0.3) is 11.8 Å². The maximum absolute atomic E-state index is 12.8. The molecular formula is C17H20ClN3O4. The summed E-state index contributed by atoms with van der Waals surface area (Å²) in [5.41, 5.74) is 7.01. The quantitative estimate of drug-likeness (QED) is 0.592. The van der Waals surface area contributed by atoms with Crippen LogP contribution in [0.15, 0.2) is 18.2 Å². The number of aryl methyl sites for hydroxylation is 1. The molecule has 1 aromatic rings. The Morgan fingerprint density at radius 2 is 1.88 bits per heavy atom. The third-order valence-electron chi connectivity index (χ3n) is 4.45. The highest BCUT2D eigenvalue weighted by Crippen LogP contribution is 2.30. The maximum Gasteiger partial charge on any atom is 0.262 e. The summed E-state index contributed by atoms with van der Waals surface area (Å²) in [5, 5.41) is 2.19. The van der Waals surface area contributed by atoms with Crippen LogP contribution in [-0.4, -0.2) is 41.1 Å². The molecular weight excluding hydrogens is 346 g/mol. The minimum atomic E-state index is -0.924. The second kappa shape index (κ2) is 7.76. The summed E-state index contributed by atoms with van der Waals surface area (Å²) in [6, 6.07) is 4.25. The summed E-state index contributed by atoms with van der Waals surface area (Å²) < 4.78 is 0. The molecule has 0 aliphatic carbocycles. The first-order chi connectivity index (χ1) is 11.5. The van der Waals surface area contributed by atoms with E-state index in [0.717, 1.165) is 23.3 Å². The molecule has 7 nitrogen and oxygen atoms in total. The van der Waals surface area contributed by atoms with Gasteiger partial charge in [0.05, 0.1) is 11.1 Å². The van der Waals surface area contributed by atoms with Crippen LogP contribution in [0.5, 0.6) is 0 Å². The normalized spacial score (nSPS) is 19.6. The van der Waals surface area contributed by atoms with Gasteiger partial charge in [0.15, 0.2) is 0 Å². The Morgan fingerprint density at radius 1 is 1.12 bits per heavy atom. The lowest BCUT2D eigenvalue weighted by molar-refractivity contribution is -0.136. The van der Waals surface area contributed by atoms with Crippen molar-refractivity contribution < 1.29 is 19.2 Å². The van der Waals surface area contributed by atoms with Crippen LogP contribution >= 0.6 is 12.4 Å². The fourth-order valence-electron chi connectivity index (χ4n) is 3.25. The van der Waals surface area contributed by atoms with E-state index in [9.17, 15) is 19.2 Å². The minimum Gasteiger partial charge on any atom is -0.330 e. The van der Waals surface area contributed by atoms with Gasteiger partial charge in [-0.05, 0) is 43.9 Å². The predicted molar refractivity (Wildman–Crippen MR) is 92.4 cm³/mol. The van der Waals surface area contributed by atoms with Crippen molar-refractivity contribution in [1.82, 2.24) is 10.2 Å². The molecule has 2 aliphatic heterocycles. The van der Waals surface area contributed by atoms with Gasteiger partial charge in [-0.2, -0.15) is 0 Å². The predicted octanol–water partition coefficient (Wildman–Crippen LogP) is 0.791. The standard InChI is InChI=1S/C17H19N3O4.ClH/c18-9-2-1-4-10-5-3-6-11-14(10)17(24)20(16(11)23)12-7-8-13(21)19-15(12)22;/h3,5-6,12H,1-2,4,7-9,18H2,(H,19,21,22);1H. The molecule has 25 heavy (non-hydrogen) atoms. The molecule has 0 spiro atoms. The number of halogens is 1. The van der Waals surface area contributed by atoms with Gasteiger partial charge < -0.3 is 5.73 Å². The Balaban J connectivity index is 0.00000225. The molecule has 1 saturated heterocycles. The average Bonchev–Trinajstić information content (AvgIpc) is 2.81. The smallest absolute Gasteiger partial charge is 0.262 e. The number of nitrogens with one attached hydrogen (secondary N) is 1. The van der Waals surface area contributed by atoms with Crippen LogP contribution in [0.2, 0.25) is 0 Å². The third-order valence-corrected chi connectivity index (χ3v) is 4.45. The van der Waals surface area contributed by atoms with Crippen molar-refractivity contribution in [3.63, 3.8) is 0 Å². The third kappa shape index (κ3) is 3.43. The molecule has 1 unspecified atom stereocenters. The van der Waals surface area contributed by atoms with Gasteiger partial charge in [0, 0.05) is 6.42 Å². The van der Waals surface area contributed by atoms with E-state index in [1.54, 1.807) is 12.1 Å². The number of amides is 4. The van der Waals surface area contributed by atoms with Gasteiger partial charge >= 0.3 is 0 Å². The highest BCUT2D eigenvalue weighted by molar-refractivity contribution is 6.24. The Hall–Kier alpha value is -2.25. The molecule has 2 aliphatic rings. The van der Waals surface area contributed by atoms with E-state index in [1.165, 1.54) is 0 Å². The van der Waals surface area contributed by atoms with E-state index in [-0.39, 0.29) is 31.2 Å². The molecule has 1 aromatic carbocycles. The van der Waals surface area contributed by atoms with E-state index in [0.29, 0.717) is 24.1 Å². The fourth-order valence-corrected chi connectivity index (χ4v) is 3.25. The highest BCUT2D eigenvalue weighted by atomic mass is 35.5. The van der Waals surface area contributed by atoms with Gasteiger partial charge in [-0.25, -0.2) is 0 Å². The van der Waals surface area contributed by atoms with Crippen molar-refractivity contribution in [2.24, 2.45) is 5.73 Å². The Bertz CT molecular complexity index is 735. The average molecular weight is 366 g/mol. The van der Waals surface area contributed by atoms with Crippen molar-refractivity contribution in [3.05, 3.63) is 34.9 Å². The molecule has 0 bridgehead atoms. The molecule has 8 heteroatoms. The summed E-state index contributed by atoms with van der Waals surface area (Å²) in [7, 11) is 0. The molecule has 3 N–H and O–H groups in total. The molecule has 3 rings (SSSR count). The number of hydrogen-bond donors (Lipinski definition) is 2. The van der Waals surface area contributed by atoms with Crippen LogP contribution in [0.3, 0.4) is 0 Å². The first-order valence-electron chi connectivity index (χ1n) is 8.08. The van der Waals surface area contributed by atoms with E-state index >= 15 is 0 Å². The Labute approximate surface area is 151 Å². The molecule has 1 atom stereocenters. The largest absolute Gasteiger partial charge is 0.330 e. The lowest BCUT2D eigenvalue weighted by atomic mass is 9.98. The SMILES string of the molecule is Cl.NCCCCc1cccc2c1C(=O)N(C1CCC(=O)NC1=O)C2=O. The van der Waals surface area contributed by atoms with Crippen LogP contribution in [-0.2, 0) is 16.0 Å². The highest BCUT2D eigenvalue weighted by Gasteiger charge is 2.45. The van der Waals surface area contributed by atoms with Gasteiger partial charge in [-0.15, -0.1) is 12.4 Å². The van der Waals surface area contributed by atoms with Gasteiger partial charge in [-0.3, -0.25) is 29.4 Å². The number of nitrogens with zero attached hydrogens (tertiary/aromatic N) is 1. The maximum atomic E-state index is 12.8. The molecule has 0 radical (unpaired) electrons. The number of benzene rings is 1. The fraction of sp³-hybridized carbons (Fsp3) is 0.412. The first-order valence-corrected chi connectivity index (χ1v) is 8.08. The Morgan fingerprint density at radius 3 is 2.56 bits per heavy atom. The minimum absolute atomic E-state index is 0. The molecule has 134 valence electrons. The summed E-state index contributed by atoms with van der Waals surface area (Å²) in [6.07, 6.45) is 2.60. The van der Waals surface area contributed by atoms with E-state index in [2.05, 4.69) is 5.32 Å². The number of piperidine rings is 1. The number of rotatable bonds is 5. The molecule has 2 heterocycles. The summed E-state index contributed by atoms with van der Waals surface area (Å²) in [4.78, 5) is 49.8. The number of nitrogens with two attached hydrogens (primary N) is 1. The number of hydrogen-bond acceptors (Lipinski definition) is 5. The van der Waals surface area contributed by atoms with Crippen molar-refractivity contribution in [1.29, 1.82) is 0 Å². The van der Waals surface area contributed by atoms with Crippen LogP contribution in [0, 0.1) is 0 Å². The number of unbranched alkanes of at least 4 members (excludes halogenated alkanes) is 1. The monoisotopic (exact) mass is 365 g/mol.